The van der Waals surface area contributed by atoms with Gasteiger partial charge in [0.2, 0.25) is 0 Å². The normalized spacial score (nSPS) is 14.1. The first-order valence-corrected chi connectivity index (χ1v) is 3.48. The maximum absolute atomic E-state index is 9.18. The SMILES string of the molecule is C/C=C/C=C(OC)\C(O)=C/C. The van der Waals surface area contributed by atoms with E-state index in [1.165, 1.54) is 7.11 Å². The summed E-state index contributed by atoms with van der Waals surface area (Å²) in [4.78, 5) is 0. The summed E-state index contributed by atoms with van der Waals surface area (Å²) in [5.74, 6) is 0.635. The van der Waals surface area contributed by atoms with Gasteiger partial charge in [0.25, 0.3) is 0 Å². The molecule has 1 N–H and O–H groups in total. The van der Waals surface area contributed by atoms with E-state index in [0.29, 0.717) is 5.76 Å². The lowest BCUT2D eigenvalue weighted by molar-refractivity contribution is 0.256. The molecule has 0 saturated heterocycles. The minimum Gasteiger partial charge on any atom is -0.504 e. The van der Waals surface area contributed by atoms with Crippen molar-refractivity contribution in [3.63, 3.8) is 0 Å². The summed E-state index contributed by atoms with van der Waals surface area (Å²) in [5.41, 5.74) is 0. The zero-order valence-electron chi connectivity index (χ0n) is 7.16. The van der Waals surface area contributed by atoms with Crippen LogP contribution in [0.5, 0.6) is 0 Å². The van der Waals surface area contributed by atoms with E-state index < -0.39 is 0 Å². The van der Waals surface area contributed by atoms with Gasteiger partial charge in [-0.15, -0.1) is 0 Å². The van der Waals surface area contributed by atoms with Crippen LogP contribution < -0.4 is 0 Å². The number of methoxy groups -OCH3 is 1. The molecule has 0 unspecified atom stereocenters. The van der Waals surface area contributed by atoms with E-state index in [-0.39, 0.29) is 5.76 Å². The average molecular weight is 154 g/mol. The fourth-order valence-electron chi connectivity index (χ4n) is 0.584. The number of aliphatic hydroxyl groups excluding tert-OH is 1. The smallest absolute Gasteiger partial charge is 0.160 e. The molecule has 0 atom stereocenters. The quantitative estimate of drug-likeness (QED) is 0.500. The average Bonchev–Trinajstić information content (AvgIpc) is 2.05. The molecule has 0 bridgehead atoms. The molecular formula is C9H14O2. The number of rotatable bonds is 3. The Morgan fingerprint density at radius 3 is 2.36 bits per heavy atom. The monoisotopic (exact) mass is 154 g/mol. The second kappa shape index (κ2) is 5.59. The summed E-state index contributed by atoms with van der Waals surface area (Å²) in [6.45, 7) is 3.65. The zero-order valence-corrected chi connectivity index (χ0v) is 7.16. The van der Waals surface area contributed by atoms with E-state index >= 15 is 0 Å². The van der Waals surface area contributed by atoms with Crippen LogP contribution in [0.15, 0.2) is 35.8 Å². The van der Waals surface area contributed by atoms with Crippen molar-refractivity contribution in [2.45, 2.75) is 13.8 Å². The molecule has 0 rings (SSSR count). The molecule has 11 heavy (non-hydrogen) atoms. The van der Waals surface area contributed by atoms with E-state index in [1.807, 2.05) is 13.0 Å². The van der Waals surface area contributed by atoms with Crippen molar-refractivity contribution in [2.24, 2.45) is 0 Å². The molecule has 0 heterocycles. The molecule has 0 aromatic rings. The largest absolute Gasteiger partial charge is 0.504 e. The Morgan fingerprint density at radius 1 is 1.36 bits per heavy atom. The summed E-state index contributed by atoms with van der Waals surface area (Å²) in [6, 6.07) is 0. The Hall–Kier alpha value is -1.18. The molecule has 0 saturated carbocycles. The molecular weight excluding hydrogens is 140 g/mol. The van der Waals surface area contributed by atoms with Crippen LogP contribution in [0.4, 0.5) is 0 Å². The summed E-state index contributed by atoms with van der Waals surface area (Å²) in [5, 5.41) is 9.18. The molecule has 0 aliphatic heterocycles. The van der Waals surface area contributed by atoms with E-state index in [2.05, 4.69) is 0 Å². The highest BCUT2D eigenvalue weighted by molar-refractivity contribution is 5.22. The zero-order chi connectivity index (χ0) is 8.69. The molecule has 0 aromatic heterocycles. The summed E-state index contributed by atoms with van der Waals surface area (Å²) < 4.78 is 4.90. The third-order valence-electron chi connectivity index (χ3n) is 1.19. The fourth-order valence-corrected chi connectivity index (χ4v) is 0.584. The van der Waals surface area contributed by atoms with Crippen molar-refractivity contribution < 1.29 is 9.84 Å². The third-order valence-corrected chi connectivity index (χ3v) is 1.19. The molecule has 0 aliphatic rings. The third kappa shape index (κ3) is 3.50. The van der Waals surface area contributed by atoms with Gasteiger partial charge in [-0.1, -0.05) is 12.2 Å². The van der Waals surface area contributed by atoms with Crippen molar-refractivity contribution >= 4 is 0 Å². The predicted molar refractivity (Wildman–Crippen MR) is 46.3 cm³/mol. The van der Waals surface area contributed by atoms with E-state index in [0.717, 1.165) is 0 Å². The lowest BCUT2D eigenvalue weighted by atomic mass is 10.3. The highest BCUT2D eigenvalue weighted by Crippen LogP contribution is 2.06. The molecule has 62 valence electrons. The van der Waals surface area contributed by atoms with Crippen LogP contribution in [0.25, 0.3) is 0 Å². The first-order chi connectivity index (χ1) is 5.26. The lowest BCUT2D eigenvalue weighted by Crippen LogP contribution is -1.89. The Labute approximate surface area is 67.5 Å². The van der Waals surface area contributed by atoms with Gasteiger partial charge in [0.05, 0.1) is 7.11 Å². The van der Waals surface area contributed by atoms with E-state index in [1.54, 1.807) is 25.2 Å². The number of ether oxygens (including phenoxy) is 1. The fraction of sp³-hybridized carbons (Fsp3) is 0.333. The Morgan fingerprint density at radius 2 is 2.00 bits per heavy atom. The van der Waals surface area contributed by atoms with Gasteiger partial charge in [-0.05, 0) is 26.0 Å². The molecule has 0 fully saturated rings. The second-order valence-electron chi connectivity index (χ2n) is 1.93. The maximum atomic E-state index is 9.18. The molecule has 0 aliphatic carbocycles. The first kappa shape index (κ1) is 9.82. The van der Waals surface area contributed by atoms with E-state index in [9.17, 15) is 5.11 Å². The van der Waals surface area contributed by atoms with Gasteiger partial charge in [0, 0.05) is 0 Å². The topological polar surface area (TPSA) is 29.5 Å². The molecule has 0 aromatic carbocycles. The van der Waals surface area contributed by atoms with Crippen LogP contribution in [0.2, 0.25) is 0 Å². The second-order valence-corrected chi connectivity index (χ2v) is 1.93. The summed E-state index contributed by atoms with van der Waals surface area (Å²) in [7, 11) is 1.52. The summed E-state index contributed by atoms with van der Waals surface area (Å²) in [6.07, 6.45) is 6.95. The van der Waals surface area contributed by atoms with Crippen molar-refractivity contribution in [1.29, 1.82) is 0 Å². The minimum atomic E-state index is 0.158. The Balaban J connectivity index is 4.39. The maximum Gasteiger partial charge on any atom is 0.160 e. The van der Waals surface area contributed by atoms with Crippen molar-refractivity contribution in [3.8, 4) is 0 Å². The first-order valence-electron chi connectivity index (χ1n) is 3.48. The van der Waals surface area contributed by atoms with Crippen LogP contribution in [-0.4, -0.2) is 12.2 Å². The van der Waals surface area contributed by atoms with Crippen molar-refractivity contribution in [1.82, 2.24) is 0 Å². The van der Waals surface area contributed by atoms with Crippen LogP contribution in [0, 0.1) is 0 Å². The van der Waals surface area contributed by atoms with Gasteiger partial charge in [0.15, 0.2) is 11.5 Å². The molecule has 0 radical (unpaired) electrons. The van der Waals surface area contributed by atoms with Gasteiger partial charge >= 0.3 is 0 Å². The van der Waals surface area contributed by atoms with Crippen LogP contribution in [0.3, 0.4) is 0 Å². The summed E-state index contributed by atoms with van der Waals surface area (Å²) >= 11 is 0. The number of allylic oxidation sites excluding steroid dienone is 4. The highest BCUT2D eigenvalue weighted by atomic mass is 16.5. The Kier molecular flexibility index (Phi) is 4.99. The number of hydrogen-bond donors (Lipinski definition) is 1. The minimum absolute atomic E-state index is 0.158. The van der Waals surface area contributed by atoms with Crippen molar-refractivity contribution in [2.75, 3.05) is 7.11 Å². The number of hydrogen-bond acceptors (Lipinski definition) is 2. The standard InChI is InChI=1S/C9H14O2/c1-4-6-7-9(11-3)8(10)5-2/h4-7,10H,1-3H3/b6-4+,8-5+,9-7+. The van der Waals surface area contributed by atoms with Crippen LogP contribution in [-0.2, 0) is 4.74 Å². The van der Waals surface area contributed by atoms with E-state index in [4.69, 9.17) is 4.74 Å². The van der Waals surface area contributed by atoms with Gasteiger partial charge in [-0.2, -0.15) is 0 Å². The highest BCUT2D eigenvalue weighted by Gasteiger charge is 1.97. The van der Waals surface area contributed by atoms with Crippen LogP contribution >= 0.6 is 0 Å². The van der Waals surface area contributed by atoms with Gasteiger partial charge in [-0.25, -0.2) is 0 Å². The van der Waals surface area contributed by atoms with Crippen molar-refractivity contribution in [3.05, 3.63) is 35.8 Å². The molecule has 0 amide bonds. The molecule has 0 spiro atoms. The Bertz CT molecular complexity index is 188. The number of aliphatic hydroxyl groups is 1. The molecule has 2 heteroatoms. The van der Waals surface area contributed by atoms with Gasteiger partial charge in [-0.3, -0.25) is 0 Å². The predicted octanol–water partition coefficient (Wildman–Crippen LogP) is 2.55. The van der Waals surface area contributed by atoms with Crippen LogP contribution in [0.1, 0.15) is 13.8 Å². The molecule has 2 nitrogen and oxygen atoms in total. The lowest BCUT2D eigenvalue weighted by Gasteiger charge is -2.02. The van der Waals surface area contributed by atoms with Gasteiger partial charge < -0.3 is 9.84 Å². The van der Waals surface area contributed by atoms with Gasteiger partial charge in [0.1, 0.15) is 0 Å².